The molecule has 0 aliphatic heterocycles. The van der Waals surface area contributed by atoms with E-state index in [2.05, 4.69) is 6.08 Å². The summed E-state index contributed by atoms with van der Waals surface area (Å²) >= 11 is 0. The molecule has 0 heterocycles. The number of benzene rings is 1. The van der Waals surface area contributed by atoms with Crippen molar-refractivity contribution in [3.63, 3.8) is 0 Å². The number of aliphatic carboxylic acids is 1. The molecule has 1 aromatic carbocycles. The summed E-state index contributed by atoms with van der Waals surface area (Å²) in [7, 11) is 0. The summed E-state index contributed by atoms with van der Waals surface area (Å²) in [6.07, 6.45) is 10.3. The second kappa shape index (κ2) is 9.90. The van der Waals surface area contributed by atoms with Crippen LogP contribution in [0, 0.1) is 11.8 Å². The summed E-state index contributed by atoms with van der Waals surface area (Å²) in [5.41, 5.74) is 6.71. The van der Waals surface area contributed by atoms with Gasteiger partial charge in [-0.25, -0.2) is 0 Å². The first-order valence-corrected chi connectivity index (χ1v) is 9.30. The Hall–Kier alpha value is -2.43. The standard InChI is InChI=1S/C21H27NO4/c22-21(26)17-11-8-15(9-12-17)7-10-16-13-14-19(23)18(16)5-3-1-2-4-6-20(24)25/h7-12,16,18H,1-6,13-14H2,(H2,22,26)(H,24,25)/b10-7+. The number of hydrogen-bond donors (Lipinski definition) is 2. The lowest BCUT2D eigenvalue weighted by atomic mass is 9.89. The van der Waals surface area contributed by atoms with Gasteiger partial charge in [0, 0.05) is 24.3 Å². The molecule has 0 spiro atoms. The SMILES string of the molecule is NC(=O)c1ccc(/C=C/C2CCC(=O)C2CCCCCCC(=O)O)cc1. The van der Waals surface area contributed by atoms with E-state index in [4.69, 9.17) is 10.8 Å². The molecule has 1 amide bonds. The van der Waals surface area contributed by atoms with E-state index >= 15 is 0 Å². The molecule has 1 aliphatic rings. The zero-order valence-corrected chi connectivity index (χ0v) is 15.0. The van der Waals surface area contributed by atoms with Gasteiger partial charge in [0.2, 0.25) is 5.91 Å². The van der Waals surface area contributed by atoms with Gasteiger partial charge in [-0.1, -0.05) is 43.5 Å². The van der Waals surface area contributed by atoms with E-state index < -0.39 is 11.9 Å². The van der Waals surface area contributed by atoms with Crippen LogP contribution in [0.3, 0.4) is 0 Å². The third-order valence-electron chi connectivity index (χ3n) is 5.04. The molecule has 5 heteroatoms. The monoisotopic (exact) mass is 357 g/mol. The Morgan fingerprint density at radius 3 is 2.46 bits per heavy atom. The third kappa shape index (κ3) is 6.14. The van der Waals surface area contributed by atoms with Gasteiger partial charge in [-0.15, -0.1) is 0 Å². The number of ketones is 1. The van der Waals surface area contributed by atoms with E-state index in [0.717, 1.165) is 37.7 Å². The van der Waals surface area contributed by atoms with Crippen LogP contribution >= 0.6 is 0 Å². The third-order valence-corrected chi connectivity index (χ3v) is 5.04. The van der Waals surface area contributed by atoms with Crippen LogP contribution in [0.15, 0.2) is 30.3 Å². The minimum absolute atomic E-state index is 0.0793. The van der Waals surface area contributed by atoms with Crippen molar-refractivity contribution < 1.29 is 19.5 Å². The number of rotatable bonds is 10. The first-order chi connectivity index (χ1) is 12.5. The summed E-state index contributed by atoms with van der Waals surface area (Å²) in [4.78, 5) is 33.8. The van der Waals surface area contributed by atoms with E-state index in [1.165, 1.54) is 0 Å². The summed E-state index contributed by atoms with van der Waals surface area (Å²) in [6, 6.07) is 7.11. The number of Topliss-reactive ketones (excluding diaryl/α,β-unsaturated/α-hetero) is 1. The maximum atomic E-state index is 12.2. The Morgan fingerprint density at radius 2 is 1.81 bits per heavy atom. The molecule has 140 valence electrons. The van der Waals surface area contributed by atoms with Crippen LogP contribution in [0.5, 0.6) is 0 Å². The Balaban J connectivity index is 1.82. The van der Waals surface area contributed by atoms with Gasteiger partial charge < -0.3 is 10.8 Å². The molecule has 0 bridgehead atoms. The predicted molar refractivity (Wildman–Crippen MR) is 101 cm³/mol. The van der Waals surface area contributed by atoms with E-state index in [0.29, 0.717) is 24.2 Å². The molecule has 1 aliphatic carbocycles. The van der Waals surface area contributed by atoms with Gasteiger partial charge in [0.05, 0.1) is 0 Å². The lowest BCUT2D eigenvalue weighted by Crippen LogP contribution is -2.13. The Labute approximate surface area is 154 Å². The number of carbonyl (C=O) groups excluding carboxylic acids is 2. The summed E-state index contributed by atoms with van der Waals surface area (Å²) in [5.74, 6) is -0.502. The number of amides is 1. The summed E-state index contributed by atoms with van der Waals surface area (Å²) in [5, 5.41) is 8.63. The molecule has 2 rings (SSSR count). The summed E-state index contributed by atoms with van der Waals surface area (Å²) < 4.78 is 0. The normalized spacial score (nSPS) is 19.9. The zero-order valence-electron chi connectivity index (χ0n) is 15.0. The molecule has 1 aromatic rings. The van der Waals surface area contributed by atoms with Crippen molar-refractivity contribution >= 4 is 23.7 Å². The van der Waals surface area contributed by atoms with Crippen LogP contribution in [-0.2, 0) is 9.59 Å². The lowest BCUT2D eigenvalue weighted by molar-refractivity contribution is -0.137. The fraction of sp³-hybridized carbons (Fsp3) is 0.476. The minimum atomic E-state index is -0.745. The first-order valence-electron chi connectivity index (χ1n) is 9.30. The highest BCUT2D eigenvalue weighted by Gasteiger charge is 2.32. The molecular weight excluding hydrogens is 330 g/mol. The van der Waals surface area contributed by atoms with Crippen molar-refractivity contribution in [2.24, 2.45) is 17.6 Å². The smallest absolute Gasteiger partial charge is 0.303 e. The lowest BCUT2D eigenvalue weighted by Gasteiger charge is -2.14. The highest BCUT2D eigenvalue weighted by Crippen LogP contribution is 2.34. The molecule has 2 unspecified atom stereocenters. The van der Waals surface area contributed by atoms with Crippen molar-refractivity contribution in [3.8, 4) is 0 Å². The van der Waals surface area contributed by atoms with Crippen LogP contribution in [0.4, 0.5) is 0 Å². The molecule has 0 aromatic heterocycles. The second-order valence-electron chi connectivity index (χ2n) is 6.97. The number of nitrogens with two attached hydrogens (primary N) is 1. The number of carbonyl (C=O) groups is 3. The molecule has 3 N–H and O–H groups in total. The molecule has 2 atom stereocenters. The maximum Gasteiger partial charge on any atom is 0.303 e. The number of hydrogen-bond acceptors (Lipinski definition) is 3. The van der Waals surface area contributed by atoms with Crippen LogP contribution in [0.1, 0.15) is 67.3 Å². The van der Waals surface area contributed by atoms with E-state index in [-0.39, 0.29) is 18.3 Å². The van der Waals surface area contributed by atoms with Gasteiger partial charge in [-0.05, 0) is 42.9 Å². The molecule has 1 saturated carbocycles. The fourth-order valence-electron chi connectivity index (χ4n) is 3.53. The first kappa shape index (κ1) is 19.9. The van der Waals surface area contributed by atoms with Crippen molar-refractivity contribution in [2.75, 3.05) is 0 Å². The van der Waals surface area contributed by atoms with E-state index in [1.54, 1.807) is 12.1 Å². The topological polar surface area (TPSA) is 97.5 Å². The van der Waals surface area contributed by atoms with Gasteiger partial charge in [0.25, 0.3) is 0 Å². The van der Waals surface area contributed by atoms with Crippen molar-refractivity contribution in [2.45, 2.75) is 51.4 Å². The Bertz CT molecular complexity index is 663. The quantitative estimate of drug-likeness (QED) is 0.622. The van der Waals surface area contributed by atoms with E-state index in [1.807, 2.05) is 18.2 Å². The van der Waals surface area contributed by atoms with Crippen molar-refractivity contribution in [1.82, 2.24) is 0 Å². The number of allylic oxidation sites excluding steroid dienone is 1. The number of primary amides is 1. The van der Waals surface area contributed by atoms with Crippen LogP contribution in [-0.4, -0.2) is 22.8 Å². The maximum absolute atomic E-state index is 12.2. The predicted octanol–water partition coefficient (Wildman–Crippen LogP) is 3.82. The molecule has 26 heavy (non-hydrogen) atoms. The van der Waals surface area contributed by atoms with Crippen molar-refractivity contribution in [1.29, 1.82) is 0 Å². The number of carboxylic acid groups (broad SMARTS) is 1. The average molecular weight is 357 g/mol. The van der Waals surface area contributed by atoms with Crippen LogP contribution in [0.25, 0.3) is 6.08 Å². The zero-order chi connectivity index (χ0) is 18.9. The van der Waals surface area contributed by atoms with Crippen LogP contribution < -0.4 is 5.73 Å². The molecule has 0 radical (unpaired) electrons. The number of unbranched alkanes of at least 4 members (excludes halogenated alkanes) is 3. The van der Waals surface area contributed by atoms with Gasteiger partial charge in [0.15, 0.2) is 0 Å². The Kier molecular flexibility index (Phi) is 7.57. The van der Waals surface area contributed by atoms with E-state index in [9.17, 15) is 14.4 Å². The Morgan fingerprint density at radius 1 is 1.12 bits per heavy atom. The largest absolute Gasteiger partial charge is 0.481 e. The van der Waals surface area contributed by atoms with Gasteiger partial charge in [0.1, 0.15) is 5.78 Å². The highest BCUT2D eigenvalue weighted by molar-refractivity contribution is 5.92. The van der Waals surface area contributed by atoms with Gasteiger partial charge in [-0.2, -0.15) is 0 Å². The fourth-order valence-corrected chi connectivity index (χ4v) is 3.53. The van der Waals surface area contributed by atoms with Crippen molar-refractivity contribution in [3.05, 3.63) is 41.5 Å². The van der Waals surface area contributed by atoms with Gasteiger partial charge >= 0.3 is 5.97 Å². The average Bonchev–Trinajstić information content (AvgIpc) is 2.96. The summed E-state index contributed by atoms with van der Waals surface area (Å²) in [6.45, 7) is 0. The van der Waals surface area contributed by atoms with Crippen LogP contribution in [0.2, 0.25) is 0 Å². The number of carboxylic acids is 1. The van der Waals surface area contributed by atoms with Gasteiger partial charge in [-0.3, -0.25) is 14.4 Å². The second-order valence-corrected chi connectivity index (χ2v) is 6.97. The molecular formula is C21H27NO4. The molecule has 0 saturated heterocycles. The molecule has 1 fully saturated rings. The minimum Gasteiger partial charge on any atom is -0.481 e. The highest BCUT2D eigenvalue weighted by atomic mass is 16.4. The molecule has 5 nitrogen and oxygen atoms in total.